The molecular formula is C11H23NO. The molecule has 0 amide bonds. The van der Waals surface area contributed by atoms with Crippen molar-refractivity contribution in [2.45, 2.75) is 58.0 Å². The highest BCUT2D eigenvalue weighted by Crippen LogP contribution is 2.27. The van der Waals surface area contributed by atoms with E-state index in [0.29, 0.717) is 12.6 Å². The first-order chi connectivity index (χ1) is 6.33. The van der Waals surface area contributed by atoms with Crippen molar-refractivity contribution >= 4 is 0 Å². The van der Waals surface area contributed by atoms with Gasteiger partial charge < -0.3 is 5.11 Å². The molecule has 0 spiro atoms. The van der Waals surface area contributed by atoms with Gasteiger partial charge in [0.25, 0.3) is 0 Å². The largest absolute Gasteiger partial charge is 0.395 e. The normalized spacial score (nSPS) is 28.8. The molecule has 13 heavy (non-hydrogen) atoms. The van der Waals surface area contributed by atoms with E-state index in [1.165, 1.54) is 38.6 Å². The Morgan fingerprint density at radius 3 is 2.54 bits per heavy atom. The van der Waals surface area contributed by atoms with Crippen LogP contribution >= 0.6 is 0 Å². The van der Waals surface area contributed by atoms with Crippen molar-refractivity contribution in [3.05, 3.63) is 0 Å². The summed E-state index contributed by atoms with van der Waals surface area (Å²) in [5, 5.41) is 9.08. The Hall–Kier alpha value is -0.0800. The number of rotatable bonds is 6. The molecule has 0 aromatic heterocycles. The van der Waals surface area contributed by atoms with E-state index < -0.39 is 0 Å². The van der Waals surface area contributed by atoms with Gasteiger partial charge in [-0.3, -0.25) is 4.90 Å². The maximum atomic E-state index is 9.08. The van der Waals surface area contributed by atoms with Crippen molar-refractivity contribution in [1.82, 2.24) is 4.90 Å². The van der Waals surface area contributed by atoms with Gasteiger partial charge in [0, 0.05) is 12.1 Å². The monoisotopic (exact) mass is 185 g/mol. The SMILES string of the molecule is CCCCCN1[C@@H](CC)C[C@@H]1CO. The zero-order valence-corrected chi connectivity index (χ0v) is 9.00. The second kappa shape index (κ2) is 5.61. The third-order valence-corrected chi connectivity index (χ3v) is 3.18. The molecular weight excluding hydrogens is 162 g/mol. The molecule has 2 nitrogen and oxygen atoms in total. The van der Waals surface area contributed by atoms with Crippen LogP contribution in [0.1, 0.15) is 46.0 Å². The van der Waals surface area contributed by atoms with Crippen LogP contribution in [0.3, 0.4) is 0 Å². The molecule has 1 saturated heterocycles. The number of unbranched alkanes of at least 4 members (excludes halogenated alkanes) is 2. The minimum absolute atomic E-state index is 0.350. The standard InChI is InChI=1S/C11H23NO/c1-3-5-6-7-12-10(4-2)8-11(12)9-13/h10-11,13H,3-9H2,1-2H3/t10-,11+/m0/s1. The number of aliphatic hydroxyl groups excluding tert-OH is 1. The number of aliphatic hydroxyl groups is 1. The molecule has 1 heterocycles. The Balaban J connectivity index is 2.19. The smallest absolute Gasteiger partial charge is 0.0587 e. The summed E-state index contributed by atoms with van der Waals surface area (Å²) in [5.41, 5.74) is 0. The third-order valence-electron chi connectivity index (χ3n) is 3.18. The number of hydrogen-bond donors (Lipinski definition) is 1. The minimum atomic E-state index is 0.350. The average Bonchev–Trinajstić information content (AvgIpc) is 2.12. The van der Waals surface area contributed by atoms with E-state index in [4.69, 9.17) is 5.11 Å². The van der Waals surface area contributed by atoms with Crippen LogP contribution in [0, 0.1) is 0 Å². The summed E-state index contributed by atoms with van der Waals surface area (Å²) >= 11 is 0. The molecule has 78 valence electrons. The van der Waals surface area contributed by atoms with Crippen molar-refractivity contribution in [1.29, 1.82) is 0 Å². The molecule has 0 aromatic carbocycles. The quantitative estimate of drug-likeness (QED) is 0.640. The van der Waals surface area contributed by atoms with Gasteiger partial charge in [0.2, 0.25) is 0 Å². The minimum Gasteiger partial charge on any atom is -0.395 e. The highest BCUT2D eigenvalue weighted by Gasteiger charge is 2.35. The van der Waals surface area contributed by atoms with Gasteiger partial charge in [0.1, 0.15) is 0 Å². The lowest BCUT2D eigenvalue weighted by Gasteiger charge is -2.48. The molecule has 2 atom stereocenters. The molecule has 1 rings (SSSR count). The van der Waals surface area contributed by atoms with Crippen molar-refractivity contribution in [2.75, 3.05) is 13.2 Å². The van der Waals surface area contributed by atoms with Crippen LogP contribution in [0.15, 0.2) is 0 Å². The first kappa shape index (κ1) is 11.0. The van der Waals surface area contributed by atoms with Crippen LogP contribution in [0.4, 0.5) is 0 Å². The third kappa shape index (κ3) is 2.68. The summed E-state index contributed by atoms with van der Waals surface area (Å²) in [4.78, 5) is 2.48. The van der Waals surface area contributed by atoms with E-state index >= 15 is 0 Å². The van der Waals surface area contributed by atoms with Gasteiger partial charge >= 0.3 is 0 Å². The lowest BCUT2D eigenvalue weighted by molar-refractivity contribution is -0.0195. The van der Waals surface area contributed by atoms with Crippen LogP contribution in [0.5, 0.6) is 0 Å². The van der Waals surface area contributed by atoms with Crippen LogP contribution in [0.2, 0.25) is 0 Å². The fourth-order valence-corrected chi connectivity index (χ4v) is 2.24. The predicted molar refractivity (Wildman–Crippen MR) is 55.8 cm³/mol. The van der Waals surface area contributed by atoms with E-state index in [9.17, 15) is 0 Å². The summed E-state index contributed by atoms with van der Waals surface area (Å²) in [5.74, 6) is 0. The number of hydrogen-bond acceptors (Lipinski definition) is 2. The first-order valence-corrected chi connectivity index (χ1v) is 5.70. The van der Waals surface area contributed by atoms with Gasteiger partial charge in [0.15, 0.2) is 0 Å². The second-order valence-electron chi connectivity index (χ2n) is 4.08. The molecule has 2 heteroatoms. The van der Waals surface area contributed by atoms with Crippen LogP contribution in [-0.2, 0) is 0 Å². The van der Waals surface area contributed by atoms with Gasteiger partial charge in [-0.05, 0) is 25.8 Å². The molecule has 0 unspecified atom stereocenters. The summed E-state index contributed by atoms with van der Waals surface area (Å²) in [6.45, 7) is 6.02. The molecule has 1 aliphatic rings. The number of likely N-dealkylation sites (tertiary alicyclic amines) is 1. The zero-order valence-electron chi connectivity index (χ0n) is 9.00. The van der Waals surface area contributed by atoms with Gasteiger partial charge in [-0.15, -0.1) is 0 Å². The number of nitrogens with zero attached hydrogens (tertiary/aromatic N) is 1. The fraction of sp³-hybridized carbons (Fsp3) is 1.00. The van der Waals surface area contributed by atoms with Crippen molar-refractivity contribution in [3.8, 4) is 0 Å². The van der Waals surface area contributed by atoms with Gasteiger partial charge in [-0.1, -0.05) is 26.7 Å². The van der Waals surface area contributed by atoms with Gasteiger partial charge in [0.05, 0.1) is 6.61 Å². The van der Waals surface area contributed by atoms with Crippen LogP contribution in [-0.4, -0.2) is 35.2 Å². The highest BCUT2D eigenvalue weighted by atomic mass is 16.3. The van der Waals surface area contributed by atoms with E-state index in [0.717, 1.165) is 6.04 Å². The molecule has 1 N–H and O–H groups in total. The molecule has 0 bridgehead atoms. The van der Waals surface area contributed by atoms with E-state index in [1.807, 2.05) is 0 Å². The average molecular weight is 185 g/mol. The summed E-state index contributed by atoms with van der Waals surface area (Å²) in [6, 6.07) is 1.23. The maximum Gasteiger partial charge on any atom is 0.0587 e. The first-order valence-electron chi connectivity index (χ1n) is 5.70. The lowest BCUT2D eigenvalue weighted by atomic mass is 9.91. The van der Waals surface area contributed by atoms with E-state index in [-0.39, 0.29) is 0 Å². The maximum absolute atomic E-state index is 9.08. The Labute approximate surface area is 81.9 Å². The molecule has 0 saturated carbocycles. The van der Waals surface area contributed by atoms with Crippen LogP contribution in [0.25, 0.3) is 0 Å². The van der Waals surface area contributed by atoms with E-state index in [1.54, 1.807) is 0 Å². The lowest BCUT2D eigenvalue weighted by Crippen LogP contribution is -2.57. The Kier molecular flexibility index (Phi) is 4.74. The second-order valence-corrected chi connectivity index (χ2v) is 4.08. The predicted octanol–water partition coefficient (Wildman–Crippen LogP) is 2.02. The molecule has 0 aromatic rings. The molecule has 0 radical (unpaired) electrons. The molecule has 1 fully saturated rings. The fourth-order valence-electron chi connectivity index (χ4n) is 2.24. The summed E-state index contributed by atoms with van der Waals surface area (Å²) in [7, 11) is 0. The molecule has 0 aliphatic carbocycles. The molecule has 1 aliphatic heterocycles. The Morgan fingerprint density at radius 1 is 1.23 bits per heavy atom. The zero-order chi connectivity index (χ0) is 9.68. The topological polar surface area (TPSA) is 23.5 Å². The highest BCUT2D eigenvalue weighted by molar-refractivity contribution is 4.91. The van der Waals surface area contributed by atoms with Crippen molar-refractivity contribution in [2.24, 2.45) is 0 Å². The van der Waals surface area contributed by atoms with Gasteiger partial charge in [-0.25, -0.2) is 0 Å². The Bertz CT molecular complexity index is 128. The van der Waals surface area contributed by atoms with E-state index in [2.05, 4.69) is 18.7 Å². The van der Waals surface area contributed by atoms with Crippen molar-refractivity contribution in [3.63, 3.8) is 0 Å². The summed E-state index contributed by atoms with van der Waals surface area (Å²) < 4.78 is 0. The summed E-state index contributed by atoms with van der Waals surface area (Å²) in [6.07, 6.45) is 6.35. The Morgan fingerprint density at radius 2 is 2.00 bits per heavy atom. The van der Waals surface area contributed by atoms with Crippen molar-refractivity contribution < 1.29 is 5.11 Å². The van der Waals surface area contributed by atoms with Crippen LogP contribution < -0.4 is 0 Å². The van der Waals surface area contributed by atoms with Gasteiger partial charge in [-0.2, -0.15) is 0 Å².